The number of carbonyl (C=O) groups is 2. The van der Waals surface area contributed by atoms with Gasteiger partial charge < -0.3 is 15.1 Å². The number of aliphatic hydroxyl groups is 2. The van der Waals surface area contributed by atoms with Gasteiger partial charge in [-0.05, 0) is 60.8 Å². The molecule has 2 aromatic rings. The van der Waals surface area contributed by atoms with Crippen LogP contribution >= 0.6 is 22.7 Å². The Labute approximate surface area is 220 Å². The number of thiophene rings is 1. The second-order valence-electron chi connectivity index (χ2n) is 11.6. The van der Waals surface area contributed by atoms with Gasteiger partial charge in [0.05, 0.1) is 23.3 Å². The number of likely N-dealkylation sites (tertiary alicyclic amines) is 1. The predicted octanol–water partition coefficient (Wildman–Crippen LogP) is 4.52. The van der Waals surface area contributed by atoms with Crippen molar-refractivity contribution < 1.29 is 19.8 Å². The zero-order valence-corrected chi connectivity index (χ0v) is 23.0. The smallest absolute Gasteiger partial charge is 0.267 e. The van der Waals surface area contributed by atoms with Crippen LogP contribution in [0.15, 0.2) is 17.5 Å². The molecule has 0 spiro atoms. The standard InChI is InChI=1S/C27H37N3O4S2/c1-16-7-10-30(11-8-16)22(33)13-17-23-19(36-25(28-23)29-24(34)18-5-4-12-35-18)14-20-26(17,2)9-6-21(32)27(20,3)15-31/h4-5,12,16-17,20-21,31-32H,6-11,13-15H2,1-3H3,(H,28,29,34)/t17-,20+,21+,26-,27-/m0/s1. The Morgan fingerprint density at radius 2 is 2.00 bits per heavy atom. The molecule has 0 bridgehead atoms. The van der Waals surface area contributed by atoms with Crippen LogP contribution in [0.2, 0.25) is 0 Å². The molecule has 3 heterocycles. The first-order chi connectivity index (χ1) is 17.2. The first-order valence-electron chi connectivity index (χ1n) is 13.1. The number of amides is 2. The highest BCUT2D eigenvalue weighted by atomic mass is 32.1. The van der Waals surface area contributed by atoms with E-state index in [1.807, 2.05) is 23.3 Å². The van der Waals surface area contributed by atoms with Gasteiger partial charge in [0.2, 0.25) is 5.91 Å². The van der Waals surface area contributed by atoms with Gasteiger partial charge in [-0.25, -0.2) is 4.98 Å². The van der Waals surface area contributed by atoms with Crippen molar-refractivity contribution in [2.45, 2.75) is 71.3 Å². The number of anilines is 1. The molecule has 1 saturated heterocycles. The average Bonchev–Trinajstić information content (AvgIpc) is 3.53. The SMILES string of the molecule is CC1CCN(C(=O)C[C@H]2c3nc(NC(=O)c4cccs4)sc3C[C@H]3[C@](C)(CO)[C@H](O)CC[C@]32C)CC1. The fourth-order valence-corrected chi connectivity index (χ4v) is 8.51. The third-order valence-electron chi connectivity index (χ3n) is 9.37. The Hall–Kier alpha value is -1.81. The van der Waals surface area contributed by atoms with Gasteiger partial charge in [0.15, 0.2) is 5.13 Å². The molecule has 1 saturated carbocycles. The van der Waals surface area contributed by atoms with Crippen molar-refractivity contribution in [2.24, 2.45) is 22.7 Å². The maximum atomic E-state index is 13.6. The number of aromatic nitrogens is 1. The summed E-state index contributed by atoms with van der Waals surface area (Å²) in [5.41, 5.74) is -0.0294. The zero-order chi connectivity index (χ0) is 25.7. The first-order valence-corrected chi connectivity index (χ1v) is 14.8. The van der Waals surface area contributed by atoms with Crippen molar-refractivity contribution in [2.75, 3.05) is 25.0 Å². The monoisotopic (exact) mass is 531 g/mol. The van der Waals surface area contributed by atoms with Crippen LogP contribution in [-0.4, -0.2) is 57.7 Å². The number of fused-ring (bicyclic) bond motifs is 2. The second kappa shape index (κ2) is 9.82. The maximum Gasteiger partial charge on any atom is 0.267 e. The first kappa shape index (κ1) is 25.8. The minimum Gasteiger partial charge on any atom is -0.396 e. The number of nitrogens with one attached hydrogen (secondary N) is 1. The summed E-state index contributed by atoms with van der Waals surface area (Å²) >= 11 is 2.86. The fraction of sp³-hybridized carbons (Fsp3) is 0.667. The molecule has 5 atom stereocenters. The minimum absolute atomic E-state index is 0.00623. The lowest BCUT2D eigenvalue weighted by Crippen LogP contribution is -2.57. The number of rotatable bonds is 5. The molecule has 7 nitrogen and oxygen atoms in total. The number of nitrogens with zero attached hydrogens (tertiary/aromatic N) is 2. The molecule has 36 heavy (non-hydrogen) atoms. The molecular weight excluding hydrogens is 494 g/mol. The highest BCUT2D eigenvalue weighted by molar-refractivity contribution is 7.16. The Kier molecular flexibility index (Phi) is 7.04. The lowest BCUT2D eigenvalue weighted by Gasteiger charge is -2.58. The van der Waals surface area contributed by atoms with E-state index in [1.54, 1.807) is 6.07 Å². The highest BCUT2D eigenvalue weighted by Gasteiger charge is 2.59. The fourth-order valence-electron chi connectivity index (χ4n) is 6.83. The van der Waals surface area contributed by atoms with E-state index in [4.69, 9.17) is 4.98 Å². The molecule has 1 aliphatic heterocycles. The minimum atomic E-state index is -0.656. The van der Waals surface area contributed by atoms with E-state index in [-0.39, 0.29) is 35.7 Å². The molecule has 0 aromatic carbocycles. The highest BCUT2D eigenvalue weighted by Crippen LogP contribution is 2.63. The molecule has 0 radical (unpaired) electrons. The summed E-state index contributed by atoms with van der Waals surface area (Å²) in [7, 11) is 0. The van der Waals surface area contributed by atoms with Gasteiger partial charge in [0.1, 0.15) is 0 Å². The zero-order valence-electron chi connectivity index (χ0n) is 21.3. The Morgan fingerprint density at radius 3 is 2.67 bits per heavy atom. The van der Waals surface area contributed by atoms with Crippen LogP contribution in [0.1, 0.15) is 79.0 Å². The topological polar surface area (TPSA) is 103 Å². The van der Waals surface area contributed by atoms with E-state index in [0.717, 1.165) is 42.9 Å². The molecule has 196 valence electrons. The number of hydrogen-bond donors (Lipinski definition) is 3. The molecule has 2 amide bonds. The van der Waals surface area contributed by atoms with Gasteiger partial charge in [-0.3, -0.25) is 14.9 Å². The third kappa shape index (κ3) is 4.42. The van der Waals surface area contributed by atoms with Crippen LogP contribution in [-0.2, 0) is 11.2 Å². The van der Waals surface area contributed by atoms with E-state index < -0.39 is 11.5 Å². The maximum absolute atomic E-state index is 13.6. The summed E-state index contributed by atoms with van der Waals surface area (Å²) in [6.07, 6.45) is 3.90. The van der Waals surface area contributed by atoms with E-state index in [2.05, 4.69) is 19.2 Å². The van der Waals surface area contributed by atoms with Crippen molar-refractivity contribution in [1.82, 2.24) is 9.88 Å². The van der Waals surface area contributed by atoms with Gasteiger partial charge in [-0.15, -0.1) is 22.7 Å². The summed E-state index contributed by atoms with van der Waals surface area (Å²) < 4.78 is 0. The molecule has 9 heteroatoms. The summed E-state index contributed by atoms with van der Waals surface area (Å²) in [6, 6.07) is 3.64. The largest absolute Gasteiger partial charge is 0.396 e. The van der Waals surface area contributed by atoms with E-state index in [0.29, 0.717) is 35.2 Å². The lowest BCUT2D eigenvalue weighted by atomic mass is 9.47. The molecule has 3 aliphatic rings. The summed E-state index contributed by atoms with van der Waals surface area (Å²) in [5, 5.41) is 26.8. The lowest BCUT2D eigenvalue weighted by molar-refractivity contribution is -0.147. The van der Waals surface area contributed by atoms with Crippen molar-refractivity contribution in [3.63, 3.8) is 0 Å². The quantitative estimate of drug-likeness (QED) is 0.526. The van der Waals surface area contributed by atoms with Crippen molar-refractivity contribution in [3.05, 3.63) is 33.0 Å². The second-order valence-corrected chi connectivity index (χ2v) is 13.6. The Morgan fingerprint density at radius 1 is 1.25 bits per heavy atom. The third-order valence-corrected chi connectivity index (χ3v) is 11.3. The Bertz CT molecular complexity index is 1110. The summed E-state index contributed by atoms with van der Waals surface area (Å²) in [4.78, 5) is 34.9. The predicted molar refractivity (Wildman–Crippen MR) is 142 cm³/mol. The molecule has 5 rings (SSSR count). The van der Waals surface area contributed by atoms with Gasteiger partial charge in [-0.2, -0.15) is 0 Å². The molecule has 2 aliphatic carbocycles. The van der Waals surface area contributed by atoms with Gasteiger partial charge in [0.25, 0.3) is 5.91 Å². The molecule has 2 aromatic heterocycles. The van der Waals surface area contributed by atoms with Crippen LogP contribution in [0.5, 0.6) is 0 Å². The summed E-state index contributed by atoms with van der Waals surface area (Å²) in [6.45, 7) is 7.94. The Balaban J connectivity index is 1.49. The number of piperidine rings is 1. The van der Waals surface area contributed by atoms with Crippen LogP contribution in [0, 0.1) is 22.7 Å². The molecule has 2 fully saturated rings. The van der Waals surface area contributed by atoms with Crippen molar-refractivity contribution >= 4 is 39.6 Å². The van der Waals surface area contributed by atoms with E-state index in [9.17, 15) is 19.8 Å². The van der Waals surface area contributed by atoms with Crippen molar-refractivity contribution in [1.29, 1.82) is 0 Å². The van der Waals surface area contributed by atoms with Crippen LogP contribution in [0.4, 0.5) is 5.13 Å². The number of carbonyl (C=O) groups excluding carboxylic acids is 2. The number of hydrogen-bond acceptors (Lipinski definition) is 7. The molecule has 0 unspecified atom stereocenters. The molecule has 3 N–H and O–H groups in total. The normalized spacial score (nSPS) is 32.6. The average molecular weight is 532 g/mol. The van der Waals surface area contributed by atoms with Crippen LogP contribution in [0.25, 0.3) is 0 Å². The van der Waals surface area contributed by atoms with Crippen LogP contribution in [0.3, 0.4) is 0 Å². The summed E-state index contributed by atoms with van der Waals surface area (Å²) in [5.74, 6) is 0.515. The molecular formula is C27H37N3O4S2. The van der Waals surface area contributed by atoms with Gasteiger partial charge in [0, 0.05) is 35.7 Å². The van der Waals surface area contributed by atoms with Gasteiger partial charge in [-0.1, -0.05) is 26.8 Å². The van der Waals surface area contributed by atoms with Crippen molar-refractivity contribution in [3.8, 4) is 0 Å². The van der Waals surface area contributed by atoms with E-state index in [1.165, 1.54) is 22.7 Å². The number of thiazole rings is 1. The van der Waals surface area contributed by atoms with Gasteiger partial charge >= 0.3 is 0 Å². The number of aliphatic hydroxyl groups excluding tert-OH is 2. The van der Waals surface area contributed by atoms with E-state index >= 15 is 0 Å². The van der Waals surface area contributed by atoms with Crippen LogP contribution < -0.4 is 5.32 Å².